The van der Waals surface area contributed by atoms with Crippen LogP contribution in [0.2, 0.25) is 10.0 Å². The second kappa shape index (κ2) is 6.00. The highest BCUT2D eigenvalue weighted by molar-refractivity contribution is 7.12. The molecule has 1 aromatic carbocycles. The number of carbonyl (C=O) groups excluding carboxylic acids is 1. The number of amides is 1. The van der Waals surface area contributed by atoms with Crippen molar-refractivity contribution in [2.24, 2.45) is 5.10 Å². The molecule has 92 valence electrons. The Morgan fingerprint density at radius 2 is 1.94 bits per heavy atom. The molecule has 2 aromatic rings. The molecule has 0 radical (unpaired) electrons. The van der Waals surface area contributed by atoms with E-state index in [1.54, 1.807) is 30.3 Å². The van der Waals surface area contributed by atoms with Crippen LogP contribution in [0, 0.1) is 0 Å². The van der Waals surface area contributed by atoms with E-state index in [2.05, 4.69) is 10.5 Å². The summed E-state index contributed by atoms with van der Waals surface area (Å²) < 4.78 is 0. The maximum Gasteiger partial charge on any atom is 0.281 e. The number of halogens is 2. The van der Waals surface area contributed by atoms with Gasteiger partial charge in [-0.15, -0.1) is 11.3 Å². The predicted molar refractivity (Wildman–Crippen MR) is 75.8 cm³/mol. The smallest absolute Gasteiger partial charge is 0.266 e. The van der Waals surface area contributed by atoms with Crippen molar-refractivity contribution in [1.29, 1.82) is 0 Å². The first-order valence-corrected chi connectivity index (χ1v) is 6.63. The first kappa shape index (κ1) is 13.1. The van der Waals surface area contributed by atoms with Crippen molar-refractivity contribution in [1.82, 2.24) is 5.43 Å². The molecule has 1 aromatic heterocycles. The van der Waals surface area contributed by atoms with Crippen molar-refractivity contribution in [2.75, 3.05) is 0 Å². The maximum atomic E-state index is 11.6. The zero-order valence-electron chi connectivity index (χ0n) is 9.06. The van der Waals surface area contributed by atoms with Crippen LogP contribution in [0.5, 0.6) is 0 Å². The first-order chi connectivity index (χ1) is 8.68. The van der Waals surface area contributed by atoms with Gasteiger partial charge in [0.2, 0.25) is 0 Å². The van der Waals surface area contributed by atoms with Crippen LogP contribution in [0.15, 0.2) is 40.8 Å². The molecule has 0 atom stereocenters. The van der Waals surface area contributed by atoms with Crippen LogP contribution in [0.25, 0.3) is 0 Å². The minimum Gasteiger partial charge on any atom is -0.266 e. The topological polar surface area (TPSA) is 41.5 Å². The highest BCUT2D eigenvalue weighted by atomic mass is 35.5. The van der Waals surface area contributed by atoms with Crippen molar-refractivity contribution in [3.8, 4) is 0 Å². The van der Waals surface area contributed by atoms with E-state index >= 15 is 0 Å². The fourth-order valence-corrected chi connectivity index (χ4v) is 2.36. The Bertz CT molecular complexity index is 562. The first-order valence-electron chi connectivity index (χ1n) is 4.99. The van der Waals surface area contributed by atoms with E-state index in [1.165, 1.54) is 17.6 Å². The van der Waals surface area contributed by atoms with Gasteiger partial charge in [-0.25, -0.2) is 5.43 Å². The van der Waals surface area contributed by atoms with Crippen LogP contribution in [0.3, 0.4) is 0 Å². The van der Waals surface area contributed by atoms with Crippen LogP contribution in [-0.4, -0.2) is 12.1 Å². The molecular formula is C12H8Cl2N2OS. The van der Waals surface area contributed by atoms with Gasteiger partial charge in [0.15, 0.2) is 0 Å². The standard InChI is InChI=1S/C12H8Cl2N2OS/c13-9-3-1-4-10(14)8(9)7-15-16-12(17)11-5-2-6-18-11/h1-7H,(H,16,17)/b15-7-. The average molecular weight is 299 g/mol. The number of hydrogen-bond acceptors (Lipinski definition) is 3. The van der Waals surface area contributed by atoms with Crippen molar-refractivity contribution >= 4 is 46.7 Å². The summed E-state index contributed by atoms with van der Waals surface area (Å²) in [5.41, 5.74) is 2.99. The lowest BCUT2D eigenvalue weighted by Gasteiger charge is -2.00. The number of thiophene rings is 1. The number of carbonyl (C=O) groups is 1. The van der Waals surface area contributed by atoms with Crippen molar-refractivity contribution in [2.45, 2.75) is 0 Å². The molecule has 0 saturated heterocycles. The van der Waals surface area contributed by atoms with Gasteiger partial charge in [-0.1, -0.05) is 35.3 Å². The van der Waals surface area contributed by atoms with Crippen LogP contribution in [-0.2, 0) is 0 Å². The Kier molecular flexibility index (Phi) is 4.36. The van der Waals surface area contributed by atoms with Gasteiger partial charge >= 0.3 is 0 Å². The third-order valence-corrected chi connectivity index (χ3v) is 3.63. The summed E-state index contributed by atoms with van der Waals surface area (Å²) in [7, 11) is 0. The molecule has 2 rings (SSSR count). The number of hydrazone groups is 1. The number of rotatable bonds is 3. The molecule has 0 fully saturated rings. The molecule has 6 heteroatoms. The predicted octanol–water partition coefficient (Wildman–Crippen LogP) is 3.82. The normalized spacial score (nSPS) is 10.8. The molecule has 0 aliphatic rings. The molecule has 3 nitrogen and oxygen atoms in total. The summed E-state index contributed by atoms with van der Waals surface area (Å²) in [6, 6.07) is 8.67. The highest BCUT2D eigenvalue weighted by Gasteiger charge is 2.05. The quantitative estimate of drug-likeness (QED) is 0.679. The van der Waals surface area contributed by atoms with Gasteiger partial charge in [0.05, 0.1) is 21.1 Å². The Labute approximate surface area is 118 Å². The summed E-state index contributed by atoms with van der Waals surface area (Å²) >= 11 is 13.3. The minimum absolute atomic E-state index is 0.260. The molecule has 1 heterocycles. The number of nitrogens with zero attached hydrogens (tertiary/aromatic N) is 1. The summed E-state index contributed by atoms with van der Waals surface area (Å²) in [5.74, 6) is -0.260. The molecule has 0 bridgehead atoms. The fraction of sp³-hybridized carbons (Fsp3) is 0. The van der Waals surface area contributed by atoms with Gasteiger partial charge in [0.1, 0.15) is 0 Å². The second-order valence-corrected chi connectivity index (χ2v) is 5.07. The molecule has 0 saturated carbocycles. The largest absolute Gasteiger partial charge is 0.281 e. The number of benzene rings is 1. The molecular weight excluding hydrogens is 291 g/mol. The van der Waals surface area contributed by atoms with Crippen molar-refractivity contribution in [3.63, 3.8) is 0 Å². The van der Waals surface area contributed by atoms with E-state index < -0.39 is 0 Å². The highest BCUT2D eigenvalue weighted by Crippen LogP contribution is 2.22. The Hall–Kier alpha value is -1.36. The minimum atomic E-state index is -0.260. The summed E-state index contributed by atoms with van der Waals surface area (Å²) in [6.45, 7) is 0. The van der Waals surface area contributed by atoms with Gasteiger partial charge in [0.25, 0.3) is 5.91 Å². The lowest BCUT2D eigenvalue weighted by molar-refractivity contribution is 0.0959. The monoisotopic (exact) mass is 298 g/mol. The van der Waals surface area contributed by atoms with Crippen molar-refractivity contribution < 1.29 is 4.79 Å². The Morgan fingerprint density at radius 3 is 2.56 bits per heavy atom. The number of hydrogen-bond donors (Lipinski definition) is 1. The lowest BCUT2D eigenvalue weighted by atomic mass is 10.2. The molecule has 0 aliphatic carbocycles. The third-order valence-electron chi connectivity index (χ3n) is 2.10. The van der Waals surface area contributed by atoms with Crippen LogP contribution < -0.4 is 5.43 Å². The molecule has 1 N–H and O–H groups in total. The zero-order valence-corrected chi connectivity index (χ0v) is 11.4. The van der Waals surface area contributed by atoms with Gasteiger partial charge in [-0.2, -0.15) is 5.10 Å². The van der Waals surface area contributed by atoms with Gasteiger partial charge in [0, 0.05) is 5.56 Å². The molecule has 0 unspecified atom stereocenters. The van der Waals surface area contributed by atoms with E-state index in [-0.39, 0.29) is 5.91 Å². The summed E-state index contributed by atoms with van der Waals surface area (Å²) in [5, 5.41) is 6.62. The second-order valence-electron chi connectivity index (χ2n) is 3.31. The SMILES string of the molecule is O=C(N/N=C\c1c(Cl)cccc1Cl)c1cccs1. The zero-order chi connectivity index (χ0) is 13.0. The molecule has 18 heavy (non-hydrogen) atoms. The maximum absolute atomic E-state index is 11.6. The average Bonchev–Trinajstić information content (AvgIpc) is 2.86. The van der Waals surface area contributed by atoms with Crippen LogP contribution >= 0.6 is 34.5 Å². The van der Waals surface area contributed by atoms with E-state index in [9.17, 15) is 4.79 Å². The Balaban J connectivity index is 2.06. The van der Waals surface area contributed by atoms with Crippen LogP contribution in [0.4, 0.5) is 0 Å². The third kappa shape index (κ3) is 3.10. The molecule has 1 amide bonds. The fourth-order valence-electron chi connectivity index (χ4n) is 1.25. The summed E-state index contributed by atoms with van der Waals surface area (Å²) in [4.78, 5) is 12.2. The van der Waals surface area contributed by atoms with E-state index in [0.29, 0.717) is 20.5 Å². The molecule has 0 spiro atoms. The Morgan fingerprint density at radius 1 is 1.22 bits per heavy atom. The lowest BCUT2D eigenvalue weighted by Crippen LogP contribution is -2.16. The number of nitrogens with one attached hydrogen (secondary N) is 1. The van der Waals surface area contributed by atoms with Gasteiger partial charge < -0.3 is 0 Å². The van der Waals surface area contributed by atoms with E-state index in [4.69, 9.17) is 23.2 Å². The van der Waals surface area contributed by atoms with E-state index in [0.717, 1.165) is 0 Å². The van der Waals surface area contributed by atoms with Gasteiger partial charge in [-0.05, 0) is 23.6 Å². The van der Waals surface area contributed by atoms with Crippen molar-refractivity contribution in [3.05, 3.63) is 56.2 Å². The summed E-state index contributed by atoms with van der Waals surface area (Å²) in [6.07, 6.45) is 1.43. The van der Waals surface area contributed by atoms with Gasteiger partial charge in [-0.3, -0.25) is 4.79 Å². The van der Waals surface area contributed by atoms with E-state index in [1.807, 2.05) is 5.38 Å². The molecule has 0 aliphatic heterocycles. The van der Waals surface area contributed by atoms with Crippen LogP contribution in [0.1, 0.15) is 15.2 Å².